The van der Waals surface area contributed by atoms with Gasteiger partial charge in [-0.15, -0.1) is 0 Å². The number of allylic oxidation sites excluding steroid dienone is 12. The van der Waals surface area contributed by atoms with E-state index in [1.165, 1.54) is 295 Å². The highest BCUT2D eigenvalue weighted by molar-refractivity contribution is 7.45. The van der Waals surface area contributed by atoms with Crippen molar-refractivity contribution in [2.75, 3.05) is 47.5 Å². The van der Waals surface area contributed by atoms with Crippen molar-refractivity contribution in [3.05, 3.63) is 72.9 Å². The van der Waals surface area contributed by atoms with Crippen LogP contribution in [0.5, 0.6) is 0 Å². The van der Waals surface area contributed by atoms with Gasteiger partial charge in [0.2, 0.25) is 0 Å². The Morgan fingerprint density at radius 1 is 0.340 bits per heavy atom. The van der Waals surface area contributed by atoms with Crippen molar-refractivity contribution in [1.29, 1.82) is 0 Å². The van der Waals surface area contributed by atoms with Crippen molar-refractivity contribution in [3.8, 4) is 0 Å². The molecule has 0 aromatic heterocycles. The SMILES string of the molecule is CC/C=C\C/C=C\C/C=C\C/C=C\C/C=C\C/C=C\CCCCCCCCCCCCCCCCCCCCCCC(=O)OC(COC(=O)CCCCCCCCCCCCCCCCCCCCCCCCCCCCCCCCC)COP(=O)([O-])OCC[N+](C)(C)C. The number of phosphoric acid groups is 1. The molecule has 0 aliphatic carbocycles. The Morgan fingerprint density at radius 3 is 0.904 bits per heavy atom. The van der Waals surface area contributed by atoms with Gasteiger partial charge in [-0.1, -0.05) is 395 Å². The van der Waals surface area contributed by atoms with Gasteiger partial charge in [-0.25, -0.2) is 0 Å². The molecule has 0 N–H and O–H groups in total. The van der Waals surface area contributed by atoms with E-state index in [0.29, 0.717) is 17.4 Å². The molecule has 0 rings (SSSR count). The summed E-state index contributed by atoms with van der Waals surface area (Å²) >= 11 is 0. The number of nitrogens with zero attached hydrogens (tertiary/aromatic N) is 1. The second kappa shape index (κ2) is 74.7. The van der Waals surface area contributed by atoms with Gasteiger partial charge < -0.3 is 27.9 Å². The lowest BCUT2D eigenvalue weighted by atomic mass is 10.0. The maximum Gasteiger partial charge on any atom is 0.306 e. The Morgan fingerprint density at radius 2 is 0.606 bits per heavy atom. The summed E-state index contributed by atoms with van der Waals surface area (Å²) in [5.74, 6) is -0.810. The summed E-state index contributed by atoms with van der Waals surface area (Å²) in [7, 11) is 1.19. The number of likely N-dealkylation sites (N-methyl/N-ethyl adjacent to an activating group) is 1. The minimum atomic E-state index is -4.64. The van der Waals surface area contributed by atoms with Gasteiger partial charge in [0, 0.05) is 12.8 Å². The molecule has 0 aliphatic heterocycles. The molecule has 0 aromatic rings. The predicted molar refractivity (Wildman–Crippen MR) is 406 cm³/mol. The Labute approximate surface area is 584 Å². The second-order valence-electron chi connectivity index (χ2n) is 28.8. The van der Waals surface area contributed by atoms with E-state index in [1.54, 1.807) is 0 Å². The fourth-order valence-corrected chi connectivity index (χ4v) is 12.8. The van der Waals surface area contributed by atoms with Crippen LogP contribution in [0.2, 0.25) is 0 Å². The summed E-state index contributed by atoms with van der Waals surface area (Å²) in [6.45, 7) is 4.20. The molecule has 94 heavy (non-hydrogen) atoms. The Balaban J connectivity index is 3.91. The first-order valence-corrected chi connectivity index (χ1v) is 42.1. The van der Waals surface area contributed by atoms with Crippen LogP contribution in [0.1, 0.15) is 399 Å². The van der Waals surface area contributed by atoms with Crippen molar-refractivity contribution >= 4 is 19.8 Å². The van der Waals surface area contributed by atoms with E-state index < -0.39 is 26.5 Å². The van der Waals surface area contributed by atoms with Crippen LogP contribution < -0.4 is 4.89 Å². The van der Waals surface area contributed by atoms with Crippen molar-refractivity contribution in [2.24, 2.45) is 0 Å². The zero-order valence-electron chi connectivity index (χ0n) is 62.9. The standard InChI is InChI=1S/C84H156NO8P/c1-6-8-10-12-14-16-18-20-22-24-26-28-30-32-34-36-38-39-40-41-42-43-44-45-47-49-51-53-55-57-59-61-63-65-67-69-71-73-75-77-84(87)93-82(81-92-94(88,89)91-79-78-85(3,4)5)80-90-83(86)76-74-72-70-68-66-64-62-60-58-56-54-52-50-48-46-37-35-33-31-29-27-25-23-21-19-17-15-13-11-9-7-2/h8,10,14,16,20,22,26,28,32,34,38-39,82H,6-7,9,11-13,15,17-19,21,23-25,27,29-31,33,35-37,40-81H2,1-5H3/b10-8-,16-14-,22-20-,28-26-,34-32-,39-38-. The van der Waals surface area contributed by atoms with E-state index in [4.69, 9.17) is 18.5 Å². The molecular weight excluding hydrogens is 1180 g/mol. The summed E-state index contributed by atoms with van der Waals surface area (Å²) in [6, 6.07) is 0. The first-order chi connectivity index (χ1) is 46.0. The highest BCUT2D eigenvalue weighted by atomic mass is 31.2. The van der Waals surface area contributed by atoms with Crippen molar-refractivity contribution < 1.29 is 42.1 Å². The molecule has 2 unspecified atom stereocenters. The van der Waals surface area contributed by atoms with Gasteiger partial charge in [0.1, 0.15) is 19.8 Å². The van der Waals surface area contributed by atoms with Crippen LogP contribution in [0.3, 0.4) is 0 Å². The monoisotopic (exact) mass is 1340 g/mol. The van der Waals surface area contributed by atoms with Gasteiger partial charge in [0.05, 0.1) is 27.7 Å². The first-order valence-electron chi connectivity index (χ1n) is 40.6. The van der Waals surface area contributed by atoms with E-state index in [2.05, 4.69) is 86.8 Å². The van der Waals surface area contributed by atoms with E-state index in [9.17, 15) is 19.0 Å². The first kappa shape index (κ1) is 91.4. The van der Waals surface area contributed by atoms with E-state index >= 15 is 0 Å². The largest absolute Gasteiger partial charge is 0.756 e. The maximum atomic E-state index is 12.9. The van der Waals surface area contributed by atoms with Gasteiger partial charge in [-0.2, -0.15) is 0 Å². The zero-order valence-corrected chi connectivity index (χ0v) is 63.8. The fourth-order valence-electron chi connectivity index (χ4n) is 12.1. The number of rotatable bonds is 76. The summed E-state index contributed by atoms with van der Waals surface area (Å²) in [5.41, 5.74) is 0. The van der Waals surface area contributed by atoms with Crippen LogP contribution in [0.4, 0.5) is 0 Å². The third-order valence-corrected chi connectivity index (χ3v) is 19.2. The van der Waals surface area contributed by atoms with Crippen LogP contribution in [0.25, 0.3) is 0 Å². The predicted octanol–water partition coefficient (Wildman–Crippen LogP) is 26.4. The summed E-state index contributed by atoms with van der Waals surface area (Å²) < 4.78 is 34.4. The van der Waals surface area contributed by atoms with Gasteiger partial charge in [0.15, 0.2) is 6.10 Å². The number of quaternary nitrogens is 1. The Hall–Kier alpha value is -2.55. The average molecular weight is 1340 g/mol. The molecule has 0 bridgehead atoms. The van der Waals surface area contributed by atoms with Gasteiger partial charge in [0.25, 0.3) is 7.82 Å². The number of phosphoric ester groups is 1. The molecule has 0 spiro atoms. The number of hydrogen-bond acceptors (Lipinski definition) is 8. The van der Waals surface area contributed by atoms with Crippen LogP contribution >= 0.6 is 7.82 Å². The molecule has 0 saturated heterocycles. The number of ether oxygens (including phenoxy) is 2. The van der Waals surface area contributed by atoms with Gasteiger partial charge in [-0.3, -0.25) is 14.2 Å². The molecule has 0 saturated carbocycles. The highest BCUT2D eigenvalue weighted by Gasteiger charge is 2.22. The quantitative estimate of drug-likeness (QED) is 0.0195. The zero-order chi connectivity index (χ0) is 68.3. The lowest BCUT2D eigenvalue weighted by Crippen LogP contribution is -2.37. The number of esters is 2. The second-order valence-corrected chi connectivity index (χ2v) is 30.2. The molecular formula is C84H156NO8P. The smallest absolute Gasteiger partial charge is 0.306 e. The lowest BCUT2D eigenvalue weighted by molar-refractivity contribution is -0.870. The molecule has 0 amide bonds. The van der Waals surface area contributed by atoms with Crippen LogP contribution in [-0.2, 0) is 32.7 Å². The van der Waals surface area contributed by atoms with Crippen molar-refractivity contribution in [3.63, 3.8) is 0 Å². The summed E-state index contributed by atoms with van der Waals surface area (Å²) in [4.78, 5) is 38.2. The summed E-state index contributed by atoms with van der Waals surface area (Å²) in [5, 5.41) is 0. The molecule has 0 heterocycles. The molecule has 2 atom stereocenters. The number of carbonyl (C=O) groups is 2. The van der Waals surface area contributed by atoms with Crippen LogP contribution in [-0.4, -0.2) is 70.0 Å². The van der Waals surface area contributed by atoms with Gasteiger partial charge >= 0.3 is 11.9 Å². The van der Waals surface area contributed by atoms with E-state index in [-0.39, 0.29) is 32.0 Å². The third-order valence-electron chi connectivity index (χ3n) is 18.2. The average Bonchev–Trinajstić information content (AvgIpc) is 1.56. The molecule has 9 nitrogen and oxygen atoms in total. The fraction of sp³-hybridized carbons (Fsp3) is 0.833. The maximum absolute atomic E-state index is 12.9. The Kier molecular flexibility index (Phi) is 72.6. The van der Waals surface area contributed by atoms with Crippen molar-refractivity contribution in [1.82, 2.24) is 0 Å². The van der Waals surface area contributed by atoms with E-state index in [0.717, 1.165) is 70.6 Å². The van der Waals surface area contributed by atoms with E-state index in [1.807, 2.05) is 21.1 Å². The Bertz CT molecular complexity index is 1820. The van der Waals surface area contributed by atoms with Crippen LogP contribution in [0, 0.1) is 0 Å². The minimum absolute atomic E-state index is 0.0287. The molecule has 10 heteroatoms. The number of hydrogen-bond donors (Lipinski definition) is 0. The molecule has 0 aromatic carbocycles. The third kappa shape index (κ3) is 78.4. The topological polar surface area (TPSA) is 111 Å². The highest BCUT2D eigenvalue weighted by Crippen LogP contribution is 2.38. The lowest BCUT2D eigenvalue weighted by Gasteiger charge is -2.28. The van der Waals surface area contributed by atoms with Crippen molar-refractivity contribution in [2.45, 2.75) is 405 Å². The normalized spacial score (nSPS) is 13.4. The molecule has 0 aliphatic rings. The molecule has 550 valence electrons. The minimum Gasteiger partial charge on any atom is -0.756 e. The van der Waals surface area contributed by atoms with Crippen LogP contribution in [0.15, 0.2) is 72.9 Å². The van der Waals surface area contributed by atoms with Gasteiger partial charge in [-0.05, 0) is 64.2 Å². The summed E-state index contributed by atoms with van der Waals surface area (Å²) in [6.07, 6.45) is 102. The molecule has 0 fully saturated rings. The number of unbranched alkanes of at least 4 members (excludes halogenated alkanes) is 50. The number of carbonyl (C=O) groups excluding carboxylic acids is 2. The molecule has 0 radical (unpaired) electrons.